The van der Waals surface area contributed by atoms with Crippen LogP contribution in [0.3, 0.4) is 0 Å². The van der Waals surface area contributed by atoms with Crippen LogP contribution >= 0.6 is 0 Å². The third-order valence-electron chi connectivity index (χ3n) is 3.05. The van der Waals surface area contributed by atoms with Crippen LogP contribution in [0.25, 0.3) is 11.1 Å². The van der Waals surface area contributed by atoms with Crippen LogP contribution in [0.1, 0.15) is 25.4 Å². The van der Waals surface area contributed by atoms with E-state index < -0.39 is 0 Å². The maximum atomic E-state index is 6.15. The van der Waals surface area contributed by atoms with Gasteiger partial charge in [-0.3, -0.25) is 0 Å². The van der Waals surface area contributed by atoms with Crippen LogP contribution in [-0.4, -0.2) is 13.2 Å². The minimum Gasteiger partial charge on any atom is -0.490 e. The Kier molecular flexibility index (Phi) is 4.23. The second kappa shape index (κ2) is 5.90. The Hall–Kier alpha value is -2.10. The van der Waals surface area contributed by atoms with Crippen molar-refractivity contribution in [3.05, 3.63) is 29.7 Å². The molecule has 0 amide bonds. The van der Waals surface area contributed by atoms with Crippen molar-refractivity contribution in [3.63, 3.8) is 0 Å². The number of benzene rings is 1. The zero-order chi connectivity index (χ0) is 14.7. The minimum absolute atomic E-state index is 0.572. The molecule has 0 aliphatic rings. The van der Waals surface area contributed by atoms with E-state index in [9.17, 15) is 0 Å². The first-order valence-corrected chi connectivity index (χ1v) is 6.83. The Labute approximate surface area is 119 Å². The molecule has 2 N–H and O–H groups in total. The Morgan fingerprint density at radius 2 is 1.55 bits per heavy atom. The molecule has 4 heteroatoms. The molecule has 2 aromatic rings. The molecule has 0 spiro atoms. The summed E-state index contributed by atoms with van der Waals surface area (Å²) in [5.74, 6) is 3.09. The van der Waals surface area contributed by atoms with Crippen LogP contribution in [0.2, 0.25) is 0 Å². The van der Waals surface area contributed by atoms with Gasteiger partial charge in [0, 0.05) is 22.9 Å². The van der Waals surface area contributed by atoms with Crippen LogP contribution < -0.4 is 15.2 Å². The number of ether oxygens (including phenoxy) is 2. The fourth-order valence-corrected chi connectivity index (χ4v) is 2.24. The average Bonchev–Trinajstić information content (AvgIpc) is 2.72. The van der Waals surface area contributed by atoms with Gasteiger partial charge in [0.1, 0.15) is 11.5 Å². The van der Waals surface area contributed by atoms with Gasteiger partial charge in [-0.25, -0.2) is 0 Å². The van der Waals surface area contributed by atoms with Gasteiger partial charge in [0.2, 0.25) is 0 Å². The predicted octanol–water partition coefficient (Wildman–Crippen LogP) is 3.94. The van der Waals surface area contributed by atoms with E-state index in [1.54, 1.807) is 0 Å². The smallest absolute Gasteiger partial charge is 0.163 e. The van der Waals surface area contributed by atoms with E-state index in [0.29, 0.717) is 30.4 Å². The molecule has 0 unspecified atom stereocenters. The van der Waals surface area contributed by atoms with Gasteiger partial charge in [-0.15, -0.1) is 0 Å². The van der Waals surface area contributed by atoms with Crippen molar-refractivity contribution in [3.8, 4) is 22.6 Å². The zero-order valence-electron chi connectivity index (χ0n) is 12.4. The zero-order valence-corrected chi connectivity index (χ0v) is 12.4. The van der Waals surface area contributed by atoms with Gasteiger partial charge in [0.15, 0.2) is 11.5 Å². The topological polar surface area (TPSA) is 57.6 Å². The molecule has 0 aliphatic carbocycles. The van der Waals surface area contributed by atoms with Gasteiger partial charge in [-0.1, -0.05) is 0 Å². The number of aryl methyl sites for hydroxylation is 2. The number of rotatable bonds is 5. The first-order chi connectivity index (χ1) is 9.56. The quantitative estimate of drug-likeness (QED) is 0.840. The number of hydrogen-bond donors (Lipinski definition) is 1. The molecule has 0 aliphatic heterocycles. The first-order valence-electron chi connectivity index (χ1n) is 6.83. The van der Waals surface area contributed by atoms with E-state index in [-0.39, 0.29) is 0 Å². The molecule has 108 valence electrons. The van der Waals surface area contributed by atoms with E-state index >= 15 is 0 Å². The Bertz CT molecular complexity index is 602. The summed E-state index contributed by atoms with van der Waals surface area (Å²) in [6.45, 7) is 8.88. The fourth-order valence-electron chi connectivity index (χ4n) is 2.24. The summed E-state index contributed by atoms with van der Waals surface area (Å²) in [7, 11) is 0. The van der Waals surface area contributed by atoms with Gasteiger partial charge in [-0.2, -0.15) is 0 Å². The summed E-state index contributed by atoms with van der Waals surface area (Å²) in [6, 6.07) is 5.71. The lowest BCUT2D eigenvalue weighted by Gasteiger charge is -2.14. The summed E-state index contributed by atoms with van der Waals surface area (Å²) in [5.41, 5.74) is 8.70. The third kappa shape index (κ3) is 2.74. The lowest BCUT2D eigenvalue weighted by molar-refractivity contribution is 0.288. The molecule has 0 saturated heterocycles. The average molecular weight is 275 g/mol. The molecule has 2 rings (SSSR count). The van der Waals surface area contributed by atoms with Crippen molar-refractivity contribution < 1.29 is 13.9 Å². The Morgan fingerprint density at radius 3 is 2.05 bits per heavy atom. The second-order valence-electron chi connectivity index (χ2n) is 4.58. The van der Waals surface area contributed by atoms with Crippen molar-refractivity contribution in [2.24, 2.45) is 0 Å². The molecule has 0 saturated carbocycles. The minimum atomic E-state index is 0.572. The molecule has 1 aromatic carbocycles. The van der Waals surface area contributed by atoms with E-state index in [0.717, 1.165) is 22.6 Å². The van der Waals surface area contributed by atoms with Crippen LogP contribution in [0, 0.1) is 13.8 Å². The SMILES string of the molecule is CCOc1cc(N)c(-c2cc(C)oc2C)cc1OCC. The van der Waals surface area contributed by atoms with E-state index in [2.05, 4.69) is 0 Å². The Balaban J connectivity index is 2.53. The summed E-state index contributed by atoms with van der Waals surface area (Å²) in [6.07, 6.45) is 0. The molecular weight excluding hydrogens is 254 g/mol. The van der Waals surface area contributed by atoms with E-state index in [1.165, 1.54) is 0 Å². The lowest BCUT2D eigenvalue weighted by Crippen LogP contribution is -2.01. The molecule has 20 heavy (non-hydrogen) atoms. The van der Waals surface area contributed by atoms with Gasteiger partial charge in [0.05, 0.1) is 13.2 Å². The molecule has 0 fully saturated rings. The summed E-state index contributed by atoms with van der Waals surface area (Å²) < 4.78 is 16.8. The van der Waals surface area contributed by atoms with E-state index in [1.807, 2.05) is 45.9 Å². The van der Waals surface area contributed by atoms with Crippen molar-refractivity contribution in [1.29, 1.82) is 0 Å². The normalized spacial score (nSPS) is 10.6. The highest BCUT2D eigenvalue weighted by atomic mass is 16.5. The summed E-state index contributed by atoms with van der Waals surface area (Å²) in [4.78, 5) is 0. The highest BCUT2D eigenvalue weighted by Crippen LogP contribution is 2.39. The van der Waals surface area contributed by atoms with Crippen LogP contribution in [0.5, 0.6) is 11.5 Å². The van der Waals surface area contributed by atoms with Gasteiger partial charge in [0.25, 0.3) is 0 Å². The Morgan fingerprint density at radius 1 is 0.950 bits per heavy atom. The molecular formula is C16H21NO3. The maximum Gasteiger partial charge on any atom is 0.163 e. The second-order valence-corrected chi connectivity index (χ2v) is 4.58. The number of furan rings is 1. The van der Waals surface area contributed by atoms with E-state index in [4.69, 9.17) is 19.6 Å². The number of hydrogen-bond acceptors (Lipinski definition) is 4. The molecule has 4 nitrogen and oxygen atoms in total. The fraction of sp³-hybridized carbons (Fsp3) is 0.375. The monoisotopic (exact) mass is 275 g/mol. The molecule has 0 radical (unpaired) electrons. The largest absolute Gasteiger partial charge is 0.490 e. The standard InChI is InChI=1S/C16H21NO3/c1-5-18-15-8-13(12-7-10(3)20-11(12)4)14(17)9-16(15)19-6-2/h7-9H,5-6,17H2,1-4H3. The summed E-state index contributed by atoms with van der Waals surface area (Å²) >= 11 is 0. The van der Waals surface area contributed by atoms with Crippen molar-refractivity contribution in [2.75, 3.05) is 18.9 Å². The maximum absolute atomic E-state index is 6.15. The van der Waals surface area contributed by atoms with Crippen LogP contribution in [0.4, 0.5) is 5.69 Å². The van der Waals surface area contributed by atoms with Crippen molar-refractivity contribution in [1.82, 2.24) is 0 Å². The number of nitrogens with two attached hydrogens (primary N) is 1. The van der Waals surface area contributed by atoms with Crippen LogP contribution in [0.15, 0.2) is 22.6 Å². The summed E-state index contributed by atoms with van der Waals surface area (Å²) in [5, 5.41) is 0. The molecule has 0 atom stereocenters. The van der Waals surface area contributed by atoms with Gasteiger partial charge in [-0.05, 0) is 39.8 Å². The van der Waals surface area contributed by atoms with Gasteiger partial charge >= 0.3 is 0 Å². The predicted molar refractivity (Wildman–Crippen MR) is 80.4 cm³/mol. The first kappa shape index (κ1) is 14.3. The third-order valence-corrected chi connectivity index (χ3v) is 3.05. The number of nitrogen functional groups attached to an aromatic ring is 1. The van der Waals surface area contributed by atoms with Crippen molar-refractivity contribution in [2.45, 2.75) is 27.7 Å². The number of anilines is 1. The van der Waals surface area contributed by atoms with Crippen molar-refractivity contribution >= 4 is 5.69 Å². The highest BCUT2D eigenvalue weighted by molar-refractivity contribution is 5.81. The molecule has 1 heterocycles. The molecule has 1 aromatic heterocycles. The lowest BCUT2D eigenvalue weighted by atomic mass is 10.0. The highest BCUT2D eigenvalue weighted by Gasteiger charge is 2.15. The molecule has 0 bridgehead atoms. The van der Waals surface area contributed by atoms with Gasteiger partial charge < -0.3 is 19.6 Å². The van der Waals surface area contributed by atoms with Crippen LogP contribution in [-0.2, 0) is 0 Å².